The van der Waals surface area contributed by atoms with E-state index in [9.17, 15) is 19.7 Å². The molecule has 1 heterocycles. The number of nitrogens with zero attached hydrogens (tertiary/aromatic N) is 2. The van der Waals surface area contributed by atoms with E-state index in [4.69, 9.17) is 0 Å². The highest BCUT2D eigenvalue weighted by atomic mass is 16.6. The van der Waals surface area contributed by atoms with Gasteiger partial charge in [-0.2, -0.15) is 0 Å². The van der Waals surface area contributed by atoms with E-state index in [1.165, 1.54) is 18.2 Å². The molecule has 0 saturated carbocycles. The van der Waals surface area contributed by atoms with Crippen LogP contribution in [-0.4, -0.2) is 29.3 Å². The summed E-state index contributed by atoms with van der Waals surface area (Å²) in [4.78, 5) is 36.4. The first kappa shape index (κ1) is 19.3. The van der Waals surface area contributed by atoms with Crippen molar-refractivity contribution in [2.45, 2.75) is 26.3 Å². The lowest BCUT2D eigenvalue weighted by molar-refractivity contribution is -0.384. The smallest absolute Gasteiger partial charge is 0.269 e. The van der Waals surface area contributed by atoms with E-state index >= 15 is 0 Å². The number of benzene rings is 2. The fraction of sp³-hybridized carbons (Fsp3) is 0.238. The van der Waals surface area contributed by atoms with E-state index in [1.54, 1.807) is 23.1 Å². The van der Waals surface area contributed by atoms with Crippen molar-refractivity contribution >= 4 is 29.3 Å². The second kappa shape index (κ2) is 8.04. The van der Waals surface area contributed by atoms with Crippen molar-refractivity contribution in [2.24, 2.45) is 0 Å². The van der Waals surface area contributed by atoms with Crippen LogP contribution in [0.3, 0.4) is 0 Å². The van der Waals surface area contributed by atoms with Gasteiger partial charge in [-0.3, -0.25) is 19.7 Å². The zero-order valence-corrected chi connectivity index (χ0v) is 15.7. The van der Waals surface area contributed by atoms with Gasteiger partial charge in [0, 0.05) is 36.9 Å². The molecule has 1 aliphatic heterocycles. The van der Waals surface area contributed by atoms with E-state index in [-0.39, 0.29) is 30.0 Å². The maximum Gasteiger partial charge on any atom is 0.269 e. The summed E-state index contributed by atoms with van der Waals surface area (Å²) in [5.74, 6) is -0.328. The molecular weight excluding hydrogens is 358 g/mol. The Morgan fingerprint density at radius 3 is 2.54 bits per heavy atom. The van der Waals surface area contributed by atoms with Crippen LogP contribution < -0.4 is 10.2 Å². The maximum absolute atomic E-state index is 12.3. The molecule has 7 heteroatoms. The molecule has 1 atom stereocenters. The predicted molar refractivity (Wildman–Crippen MR) is 107 cm³/mol. The average molecular weight is 379 g/mol. The Bertz CT molecular complexity index is 951. The number of rotatable bonds is 5. The minimum absolute atomic E-state index is 0.00231. The molecule has 0 radical (unpaired) electrons. The maximum atomic E-state index is 12.3. The molecule has 1 saturated heterocycles. The van der Waals surface area contributed by atoms with Gasteiger partial charge in [-0.15, -0.1) is 0 Å². The number of hydrogen-bond donors (Lipinski definition) is 1. The molecule has 28 heavy (non-hydrogen) atoms. The number of carbonyl (C=O) groups excluding carboxylic acids is 2. The molecule has 0 aliphatic carbocycles. The number of nitro benzene ring substituents is 1. The first-order valence-corrected chi connectivity index (χ1v) is 8.94. The molecule has 0 spiro atoms. The Hall–Kier alpha value is -3.48. The molecule has 3 rings (SSSR count). The van der Waals surface area contributed by atoms with Crippen LogP contribution in [0.15, 0.2) is 48.5 Å². The van der Waals surface area contributed by atoms with E-state index in [2.05, 4.69) is 5.32 Å². The number of nitro groups is 1. The zero-order valence-electron chi connectivity index (χ0n) is 15.7. The van der Waals surface area contributed by atoms with E-state index in [0.29, 0.717) is 12.1 Å². The Labute approximate surface area is 162 Å². The Morgan fingerprint density at radius 1 is 1.18 bits per heavy atom. The number of hydrogen-bond acceptors (Lipinski definition) is 4. The summed E-state index contributed by atoms with van der Waals surface area (Å²) in [5, 5.41) is 13.5. The summed E-state index contributed by atoms with van der Waals surface area (Å²) in [6, 6.07) is 11.5. The van der Waals surface area contributed by atoms with Crippen LogP contribution in [0, 0.1) is 24.0 Å². The van der Waals surface area contributed by atoms with Crippen molar-refractivity contribution in [1.82, 2.24) is 5.32 Å². The highest BCUT2D eigenvalue weighted by Crippen LogP contribution is 2.24. The van der Waals surface area contributed by atoms with Crippen LogP contribution in [0.4, 0.5) is 11.4 Å². The van der Waals surface area contributed by atoms with Gasteiger partial charge < -0.3 is 10.2 Å². The molecule has 2 aromatic rings. The standard InChI is InChI=1S/C21H21N3O4/c1-14-3-7-19(11-15(14)2)23-13-17(12-21(23)26)22-20(25)10-6-16-4-8-18(9-5-16)24(27)28/h3-11,17H,12-13H2,1-2H3,(H,22,25). The van der Waals surface area contributed by atoms with E-state index < -0.39 is 4.92 Å². The molecule has 0 aromatic heterocycles. The van der Waals surface area contributed by atoms with Crippen molar-refractivity contribution in [3.63, 3.8) is 0 Å². The van der Waals surface area contributed by atoms with Crippen molar-refractivity contribution in [3.05, 3.63) is 75.3 Å². The zero-order chi connectivity index (χ0) is 20.3. The number of non-ortho nitro benzene ring substituents is 1. The largest absolute Gasteiger partial charge is 0.347 e. The van der Waals surface area contributed by atoms with Crippen LogP contribution in [0.2, 0.25) is 0 Å². The monoisotopic (exact) mass is 379 g/mol. The van der Waals surface area contributed by atoms with Gasteiger partial charge in [0.15, 0.2) is 0 Å². The number of amides is 2. The molecule has 1 N–H and O–H groups in total. The molecular formula is C21H21N3O4. The van der Waals surface area contributed by atoms with Crippen LogP contribution in [0.5, 0.6) is 0 Å². The van der Waals surface area contributed by atoms with Gasteiger partial charge >= 0.3 is 0 Å². The summed E-state index contributed by atoms with van der Waals surface area (Å²) in [7, 11) is 0. The third-order valence-corrected chi connectivity index (χ3v) is 4.80. The fourth-order valence-corrected chi connectivity index (χ4v) is 3.08. The normalized spacial score (nSPS) is 16.6. The van der Waals surface area contributed by atoms with Crippen molar-refractivity contribution < 1.29 is 14.5 Å². The van der Waals surface area contributed by atoms with Gasteiger partial charge in [0.2, 0.25) is 11.8 Å². The summed E-state index contributed by atoms with van der Waals surface area (Å²) in [6.45, 7) is 4.45. The van der Waals surface area contributed by atoms with Crippen LogP contribution in [-0.2, 0) is 9.59 Å². The van der Waals surface area contributed by atoms with Gasteiger partial charge in [0.1, 0.15) is 0 Å². The molecule has 144 valence electrons. The third kappa shape index (κ3) is 4.43. The number of aryl methyl sites for hydroxylation is 2. The highest BCUT2D eigenvalue weighted by Gasteiger charge is 2.31. The van der Waals surface area contributed by atoms with Crippen molar-refractivity contribution in [2.75, 3.05) is 11.4 Å². The van der Waals surface area contributed by atoms with Crippen molar-refractivity contribution in [3.8, 4) is 0 Å². The van der Waals surface area contributed by atoms with Crippen LogP contribution >= 0.6 is 0 Å². The topological polar surface area (TPSA) is 92.6 Å². The summed E-state index contributed by atoms with van der Waals surface area (Å²) >= 11 is 0. The van der Waals surface area contributed by atoms with E-state index in [1.807, 2.05) is 32.0 Å². The summed E-state index contributed by atoms with van der Waals surface area (Å²) in [5.41, 5.74) is 3.80. The Balaban J connectivity index is 1.59. The van der Waals surface area contributed by atoms with Gasteiger partial charge in [0.05, 0.1) is 11.0 Å². The fourth-order valence-electron chi connectivity index (χ4n) is 3.08. The molecule has 1 aliphatic rings. The molecule has 2 aromatic carbocycles. The van der Waals surface area contributed by atoms with Gasteiger partial charge in [-0.25, -0.2) is 0 Å². The van der Waals surface area contributed by atoms with Gasteiger partial charge in [-0.05, 0) is 60.9 Å². The summed E-state index contributed by atoms with van der Waals surface area (Å²) in [6.07, 6.45) is 3.20. The minimum Gasteiger partial charge on any atom is -0.347 e. The van der Waals surface area contributed by atoms with Crippen LogP contribution in [0.1, 0.15) is 23.1 Å². The lowest BCUT2D eigenvalue weighted by Gasteiger charge is -2.18. The molecule has 1 fully saturated rings. The van der Waals surface area contributed by atoms with Gasteiger partial charge in [0.25, 0.3) is 5.69 Å². The molecule has 0 bridgehead atoms. The number of carbonyl (C=O) groups is 2. The molecule has 1 unspecified atom stereocenters. The van der Waals surface area contributed by atoms with Gasteiger partial charge in [-0.1, -0.05) is 6.07 Å². The first-order chi connectivity index (χ1) is 13.3. The highest BCUT2D eigenvalue weighted by molar-refractivity contribution is 5.98. The first-order valence-electron chi connectivity index (χ1n) is 8.94. The second-order valence-electron chi connectivity index (χ2n) is 6.86. The number of nitrogens with one attached hydrogen (secondary N) is 1. The lowest BCUT2D eigenvalue weighted by Crippen LogP contribution is -2.36. The predicted octanol–water partition coefficient (Wildman–Crippen LogP) is 3.15. The molecule has 2 amide bonds. The SMILES string of the molecule is Cc1ccc(N2CC(NC(=O)C=Cc3ccc([N+](=O)[O-])cc3)CC2=O)cc1C. The number of anilines is 1. The average Bonchev–Trinajstić information content (AvgIpc) is 3.02. The molecule has 7 nitrogen and oxygen atoms in total. The Morgan fingerprint density at radius 2 is 1.89 bits per heavy atom. The lowest BCUT2D eigenvalue weighted by atomic mass is 10.1. The third-order valence-electron chi connectivity index (χ3n) is 4.80. The van der Waals surface area contributed by atoms with E-state index in [0.717, 1.165) is 16.8 Å². The minimum atomic E-state index is -0.474. The quantitative estimate of drug-likeness (QED) is 0.491. The second-order valence-corrected chi connectivity index (χ2v) is 6.86. The Kier molecular flexibility index (Phi) is 5.54. The van der Waals surface area contributed by atoms with Crippen LogP contribution in [0.25, 0.3) is 6.08 Å². The van der Waals surface area contributed by atoms with Crippen molar-refractivity contribution in [1.29, 1.82) is 0 Å². The summed E-state index contributed by atoms with van der Waals surface area (Å²) < 4.78 is 0.